The Morgan fingerprint density at radius 1 is 1.21 bits per heavy atom. The molecule has 150 valence electrons. The van der Waals surface area contributed by atoms with Crippen LogP contribution in [0.4, 0.5) is 15.8 Å². The zero-order valence-corrected chi connectivity index (χ0v) is 17.4. The second kappa shape index (κ2) is 9.65. The summed E-state index contributed by atoms with van der Waals surface area (Å²) in [6.07, 6.45) is 0. The largest absolute Gasteiger partial charge is 0.309 e. The topological polar surface area (TPSA) is 48.3 Å². The molecule has 0 saturated heterocycles. The van der Waals surface area contributed by atoms with Gasteiger partial charge in [0.2, 0.25) is 5.91 Å². The van der Waals surface area contributed by atoms with Crippen molar-refractivity contribution in [3.63, 3.8) is 0 Å². The second-order valence-electron chi connectivity index (χ2n) is 6.62. The lowest BCUT2D eigenvalue weighted by atomic mass is 9.99. The molecule has 1 amide bonds. The van der Waals surface area contributed by atoms with Crippen LogP contribution in [0.5, 0.6) is 0 Å². The number of halogens is 1. The highest BCUT2D eigenvalue weighted by Crippen LogP contribution is 2.31. The number of benzodiazepines with no additional fused rings is 1. The highest BCUT2D eigenvalue weighted by molar-refractivity contribution is 7.78. The molecule has 7 heteroatoms. The molecular formula is C22H23FN4OS. The van der Waals surface area contributed by atoms with E-state index in [2.05, 4.69) is 33.9 Å². The van der Waals surface area contributed by atoms with Crippen LogP contribution < -0.4 is 4.90 Å². The van der Waals surface area contributed by atoms with Crippen LogP contribution in [-0.4, -0.2) is 54.4 Å². The first-order chi connectivity index (χ1) is 14.1. The van der Waals surface area contributed by atoms with Gasteiger partial charge in [0.25, 0.3) is 0 Å². The van der Waals surface area contributed by atoms with Crippen molar-refractivity contribution in [3.05, 3.63) is 59.4 Å². The molecule has 1 aliphatic heterocycles. The maximum Gasteiger partial charge on any atom is 0.248 e. The number of carbonyl (C=O) groups is 1. The summed E-state index contributed by atoms with van der Waals surface area (Å²) in [5, 5.41) is 2.35. The standard InChI is InChI=1S/C22H23FN4OS/c1-3-26(4-2)11-12-27-20-10-9-16(25-15-29)13-18(20)22(24-14-21(27)28)17-7-5-6-8-19(17)23/h5-10,13H,3-4,11-12,14H2,1-2H3. The van der Waals surface area contributed by atoms with Crippen LogP contribution in [0.2, 0.25) is 0 Å². The van der Waals surface area contributed by atoms with Gasteiger partial charge in [-0.2, -0.15) is 4.99 Å². The molecule has 0 spiro atoms. The highest BCUT2D eigenvalue weighted by Gasteiger charge is 2.26. The number of hydrogen-bond acceptors (Lipinski definition) is 5. The number of hydrogen-bond donors (Lipinski definition) is 0. The molecule has 0 atom stereocenters. The van der Waals surface area contributed by atoms with Crippen molar-refractivity contribution in [2.24, 2.45) is 9.98 Å². The Labute approximate surface area is 175 Å². The van der Waals surface area contributed by atoms with Gasteiger partial charge < -0.3 is 9.80 Å². The number of thiocarbonyl (C=S) groups is 1. The molecule has 0 bridgehead atoms. The molecule has 3 rings (SSSR count). The summed E-state index contributed by atoms with van der Waals surface area (Å²) < 4.78 is 14.6. The summed E-state index contributed by atoms with van der Waals surface area (Å²) in [5.41, 5.74) is 2.74. The molecule has 0 fully saturated rings. The molecule has 0 radical (unpaired) electrons. The number of fused-ring (bicyclic) bond motifs is 1. The van der Waals surface area contributed by atoms with E-state index in [0.29, 0.717) is 34.8 Å². The summed E-state index contributed by atoms with van der Waals surface area (Å²) in [7, 11) is 0. The van der Waals surface area contributed by atoms with Gasteiger partial charge in [0.15, 0.2) is 0 Å². The van der Waals surface area contributed by atoms with Gasteiger partial charge in [-0.3, -0.25) is 9.79 Å². The third kappa shape index (κ3) is 4.65. The minimum Gasteiger partial charge on any atom is -0.309 e. The maximum atomic E-state index is 14.6. The van der Waals surface area contributed by atoms with Crippen LogP contribution in [0.1, 0.15) is 25.0 Å². The first-order valence-corrected chi connectivity index (χ1v) is 10.0. The molecule has 1 heterocycles. The Kier molecular flexibility index (Phi) is 6.99. The molecule has 2 aromatic rings. The molecular weight excluding hydrogens is 387 g/mol. The fourth-order valence-corrected chi connectivity index (χ4v) is 3.54. The fourth-order valence-electron chi connectivity index (χ4n) is 3.43. The van der Waals surface area contributed by atoms with Gasteiger partial charge in [0, 0.05) is 24.2 Å². The van der Waals surface area contributed by atoms with Crippen molar-refractivity contribution in [2.75, 3.05) is 37.6 Å². The van der Waals surface area contributed by atoms with E-state index >= 15 is 0 Å². The van der Waals surface area contributed by atoms with E-state index in [4.69, 9.17) is 12.2 Å². The molecule has 1 aliphatic rings. The van der Waals surface area contributed by atoms with Crippen molar-refractivity contribution >= 4 is 40.4 Å². The van der Waals surface area contributed by atoms with Crippen LogP contribution in [-0.2, 0) is 4.79 Å². The number of likely N-dealkylation sites (N-methyl/N-ethyl adjacent to an activating group) is 1. The molecule has 0 unspecified atom stereocenters. The average Bonchev–Trinajstić information content (AvgIpc) is 2.86. The first-order valence-electron chi connectivity index (χ1n) is 9.63. The Morgan fingerprint density at radius 3 is 2.66 bits per heavy atom. The lowest BCUT2D eigenvalue weighted by Gasteiger charge is -2.27. The van der Waals surface area contributed by atoms with Gasteiger partial charge in [0.05, 0.1) is 22.2 Å². The summed E-state index contributed by atoms with van der Waals surface area (Å²) in [5.74, 6) is -0.499. The first kappa shape index (κ1) is 21.0. The number of rotatable bonds is 7. The van der Waals surface area contributed by atoms with E-state index in [1.165, 1.54) is 6.07 Å². The molecule has 5 nitrogen and oxygen atoms in total. The van der Waals surface area contributed by atoms with Crippen molar-refractivity contribution < 1.29 is 9.18 Å². The van der Waals surface area contributed by atoms with Gasteiger partial charge in [-0.25, -0.2) is 4.39 Å². The molecule has 2 aromatic carbocycles. The third-order valence-corrected chi connectivity index (χ3v) is 5.13. The average molecular weight is 411 g/mol. The minimum absolute atomic E-state index is 0.0393. The van der Waals surface area contributed by atoms with Crippen molar-refractivity contribution in [2.45, 2.75) is 13.8 Å². The summed E-state index contributed by atoms with van der Waals surface area (Å²) in [6, 6.07) is 11.8. The Balaban J connectivity index is 2.10. The number of amides is 1. The number of benzene rings is 2. The van der Waals surface area contributed by atoms with E-state index in [1.807, 2.05) is 6.07 Å². The fraction of sp³-hybridized carbons (Fsp3) is 0.318. The molecule has 0 saturated carbocycles. The van der Waals surface area contributed by atoms with Gasteiger partial charge in [0.1, 0.15) is 12.4 Å². The van der Waals surface area contributed by atoms with Crippen LogP contribution >= 0.6 is 12.2 Å². The number of aliphatic imine (C=N–C) groups is 2. The number of carbonyl (C=O) groups excluding carboxylic acids is 1. The Bertz CT molecular complexity index is 981. The van der Waals surface area contributed by atoms with E-state index in [1.54, 1.807) is 35.2 Å². The number of nitrogens with zero attached hydrogens (tertiary/aromatic N) is 4. The predicted molar refractivity (Wildman–Crippen MR) is 118 cm³/mol. The molecule has 29 heavy (non-hydrogen) atoms. The van der Waals surface area contributed by atoms with Crippen LogP contribution in [0, 0.1) is 5.82 Å². The third-order valence-electron chi connectivity index (χ3n) is 5.04. The summed E-state index contributed by atoms with van der Waals surface area (Å²) >= 11 is 4.72. The van der Waals surface area contributed by atoms with Crippen molar-refractivity contribution in [3.8, 4) is 0 Å². The lowest BCUT2D eigenvalue weighted by molar-refractivity contribution is -0.117. The van der Waals surface area contributed by atoms with Gasteiger partial charge in [-0.05, 0) is 55.6 Å². The maximum absolute atomic E-state index is 14.6. The van der Waals surface area contributed by atoms with Crippen LogP contribution in [0.25, 0.3) is 0 Å². The van der Waals surface area contributed by atoms with Gasteiger partial charge in [-0.15, -0.1) is 0 Å². The van der Waals surface area contributed by atoms with E-state index < -0.39 is 0 Å². The van der Waals surface area contributed by atoms with Gasteiger partial charge >= 0.3 is 0 Å². The molecule has 0 aliphatic carbocycles. The van der Waals surface area contributed by atoms with E-state index in [0.717, 1.165) is 19.6 Å². The zero-order chi connectivity index (χ0) is 20.8. The monoisotopic (exact) mass is 410 g/mol. The summed E-state index contributed by atoms with van der Waals surface area (Å²) in [4.78, 5) is 25.4. The minimum atomic E-state index is -0.384. The van der Waals surface area contributed by atoms with Crippen LogP contribution in [0.3, 0.4) is 0 Å². The zero-order valence-electron chi connectivity index (χ0n) is 16.6. The SMILES string of the molecule is CCN(CC)CCN1C(=O)CN=C(c2ccccc2F)c2cc(N=C=S)ccc21. The Hall–Kier alpha value is -2.73. The van der Waals surface area contributed by atoms with Crippen molar-refractivity contribution in [1.82, 2.24) is 4.90 Å². The molecule has 0 aromatic heterocycles. The van der Waals surface area contributed by atoms with Crippen LogP contribution in [0.15, 0.2) is 52.4 Å². The van der Waals surface area contributed by atoms with E-state index in [-0.39, 0.29) is 18.3 Å². The van der Waals surface area contributed by atoms with Crippen molar-refractivity contribution in [1.29, 1.82) is 0 Å². The number of isothiocyanates is 1. The normalized spacial score (nSPS) is 13.6. The summed E-state index contributed by atoms with van der Waals surface area (Å²) in [6.45, 7) is 7.24. The van der Waals surface area contributed by atoms with Gasteiger partial charge in [-0.1, -0.05) is 26.0 Å². The smallest absolute Gasteiger partial charge is 0.248 e. The Morgan fingerprint density at radius 2 is 1.97 bits per heavy atom. The second-order valence-corrected chi connectivity index (χ2v) is 6.80. The molecule has 0 N–H and O–H groups in total. The number of anilines is 1. The highest BCUT2D eigenvalue weighted by atomic mass is 32.1. The quantitative estimate of drug-likeness (QED) is 0.510. The van der Waals surface area contributed by atoms with E-state index in [9.17, 15) is 9.18 Å². The lowest BCUT2D eigenvalue weighted by Crippen LogP contribution is -2.39. The predicted octanol–water partition coefficient (Wildman–Crippen LogP) is 4.09.